The van der Waals surface area contributed by atoms with Crippen molar-refractivity contribution in [2.24, 2.45) is 10.8 Å². The number of hydrogen-bond donors (Lipinski definition) is 1. The van der Waals surface area contributed by atoms with Crippen molar-refractivity contribution >= 4 is 11.3 Å². The summed E-state index contributed by atoms with van der Waals surface area (Å²) in [4.78, 5) is 4.33. The van der Waals surface area contributed by atoms with Crippen LogP contribution in [0.2, 0.25) is 0 Å². The molecule has 18 heavy (non-hydrogen) atoms. The van der Waals surface area contributed by atoms with Crippen LogP contribution < -0.4 is 5.32 Å². The fourth-order valence-electron chi connectivity index (χ4n) is 3.75. The molecule has 1 aliphatic carbocycles. The monoisotopic (exact) mass is 266 g/mol. The Kier molecular flexibility index (Phi) is 4.12. The number of rotatable bonds is 4. The molecule has 0 unspecified atom stereocenters. The van der Waals surface area contributed by atoms with E-state index in [1.165, 1.54) is 24.3 Å². The fourth-order valence-corrected chi connectivity index (χ4v) is 4.37. The second-order valence-corrected chi connectivity index (χ2v) is 8.22. The lowest BCUT2D eigenvalue weighted by atomic mass is 9.63. The SMILES string of the molecule is CC1(C)CC(NCCc2nccs2)CC(C)(C)C1. The molecule has 1 saturated carbocycles. The Bertz CT molecular complexity index is 352. The third-order valence-electron chi connectivity index (χ3n) is 3.81. The van der Waals surface area contributed by atoms with Crippen LogP contribution in [0.1, 0.15) is 52.0 Å². The van der Waals surface area contributed by atoms with Gasteiger partial charge in [0.25, 0.3) is 0 Å². The van der Waals surface area contributed by atoms with E-state index in [1.54, 1.807) is 11.3 Å². The molecule has 3 heteroatoms. The van der Waals surface area contributed by atoms with E-state index in [0.29, 0.717) is 16.9 Å². The van der Waals surface area contributed by atoms with Gasteiger partial charge in [0.1, 0.15) is 0 Å². The highest BCUT2D eigenvalue weighted by Crippen LogP contribution is 2.45. The predicted octanol–water partition coefficient (Wildman–Crippen LogP) is 3.88. The summed E-state index contributed by atoms with van der Waals surface area (Å²) in [6, 6.07) is 0.670. The maximum atomic E-state index is 4.33. The van der Waals surface area contributed by atoms with E-state index < -0.39 is 0 Å². The van der Waals surface area contributed by atoms with Crippen molar-refractivity contribution in [3.8, 4) is 0 Å². The van der Waals surface area contributed by atoms with Crippen LogP contribution in [0.25, 0.3) is 0 Å². The third kappa shape index (κ3) is 4.06. The van der Waals surface area contributed by atoms with E-state index in [1.807, 2.05) is 6.20 Å². The zero-order valence-corrected chi connectivity index (χ0v) is 12.9. The lowest BCUT2D eigenvalue weighted by Crippen LogP contribution is -2.44. The van der Waals surface area contributed by atoms with Crippen molar-refractivity contribution in [1.82, 2.24) is 10.3 Å². The standard InChI is InChI=1S/C15H26N2S/c1-14(2)9-12(10-15(3,4)11-14)16-6-5-13-17-7-8-18-13/h7-8,12,16H,5-6,9-11H2,1-4H3. The van der Waals surface area contributed by atoms with Crippen molar-refractivity contribution < 1.29 is 0 Å². The summed E-state index contributed by atoms with van der Waals surface area (Å²) in [6.07, 6.45) is 6.90. The number of thiazole rings is 1. The second-order valence-electron chi connectivity index (χ2n) is 7.24. The molecule has 1 N–H and O–H groups in total. The van der Waals surface area contributed by atoms with Gasteiger partial charge in [-0.3, -0.25) is 0 Å². The van der Waals surface area contributed by atoms with Crippen molar-refractivity contribution in [2.75, 3.05) is 6.54 Å². The van der Waals surface area contributed by atoms with Crippen LogP contribution in [0, 0.1) is 10.8 Å². The smallest absolute Gasteiger partial charge is 0.0937 e. The van der Waals surface area contributed by atoms with Crippen LogP contribution in [0.15, 0.2) is 11.6 Å². The molecule has 1 fully saturated rings. The van der Waals surface area contributed by atoms with Crippen molar-refractivity contribution in [1.29, 1.82) is 0 Å². The molecule has 0 saturated heterocycles. The molecular formula is C15H26N2S. The number of hydrogen-bond acceptors (Lipinski definition) is 3. The van der Waals surface area contributed by atoms with E-state index in [4.69, 9.17) is 0 Å². The summed E-state index contributed by atoms with van der Waals surface area (Å²) in [6.45, 7) is 10.7. The molecule has 1 heterocycles. The summed E-state index contributed by atoms with van der Waals surface area (Å²) < 4.78 is 0. The molecule has 1 aromatic heterocycles. The molecule has 0 aliphatic heterocycles. The van der Waals surface area contributed by atoms with E-state index in [2.05, 4.69) is 43.4 Å². The Morgan fingerprint density at radius 1 is 1.28 bits per heavy atom. The van der Waals surface area contributed by atoms with Crippen LogP contribution in [-0.2, 0) is 6.42 Å². The zero-order chi connectivity index (χ0) is 13.2. The van der Waals surface area contributed by atoms with Gasteiger partial charge in [-0.25, -0.2) is 4.98 Å². The maximum Gasteiger partial charge on any atom is 0.0937 e. The molecule has 2 nitrogen and oxygen atoms in total. The minimum absolute atomic E-state index is 0.473. The van der Waals surface area contributed by atoms with Crippen molar-refractivity contribution in [3.63, 3.8) is 0 Å². The molecule has 0 spiro atoms. The molecule has 102 valence electrons. The molecule has 1 aliphatic rings. The highest BCUT2D eigenvalue weighted by molar-refractivity contribution is 7.09. The topological polar surface area (TPSA) is 24.9 Å². The Morgan fingerprint density at radius 2 is 1.94 bits per heavy atom. The van der Waals surface area contributed by atoms with Gasteiger partial charge in [0.15, 0.2) is 0 Å². The Hall–Kier alpha value is -0.410. The van der Waals surface area contributed by atoms with E-state index in [0.717, 1.165) is 13.0 Å². The summed E-state index contributed by atoms with van der Waals surface area (Å²) in [5, 5.41) is 7.04. The largest absolute Gasteiger partial charge is 0.314 e. The minimum atomic E-state index is 0.473. The van der Waals surface area contributed by atoms with Crippen molar-refractivity contribution in [3.05, 3.63) is 16.6 Å². The highest BCUT2D eigenvalue weighted by atomic mass is 32.1. The van der Waals surface area contributed by atoms with E-state index in [-0.39, 0.29) is 0 Å². The first kappa shape index (κ1) is 14.0. The van der Waals surface area contributed by atoms with E-state index >= 15 is 0 Å². The number of nitrogens with one attached hydrogen (secondary N) is 1. The van der Waals surface area contributed by atoms with Gasteiger partial charge in [0.2, 0.25) is 0 Å². The van der Waals surface area contributed by atoms with Gasteiger partial charge in [-0.2, -0.15) is 0 Å². The quantitative estimate of drug-likeness (QED) is 0.894. The van der Waals surface area contributed by atoms with Gasteiger partial charge in [-0.15, -0.1) is 11.3 Å². The normalized spacial score (nSPS) is 23.1. The van der Waals surface area contributed by atoms with Gasteiger partial charge in [0.05, 0.1) is 5.01 Å². The summed E-state index contributed by atoms with van der Waals surface area (Å²) >= 11 is 1.76. The lowest BCUT2D eigenvalue weighted by molar-refractivity contribution is 0.0854. The molecular weight excluding hydrogens is 240 g/mol. The molecule has 0 bridgehead atoms. The van der Waals surface area contributed by atoms with Gasteiger partial charge in [-0.05, 0) is 30.1 Å². The average molecular weight is 266 g/mol. The number of nitrogens with zero attached hydrogens (tertiary/aromatic N) is 1. The summed E-state index contributed by atoms with van der Waals surface area (Å²) in [5.74, 6) is 0. The summed E-state index contributed by atoms with van der Waals surface area (Å²) in [5.41, 5.74) is 0.946. The third-order valence-corrected chi connectivity index (χ3v) is 4.65. The second kappa shape index (κ2) is 5.30. The Morgan fingerprint density at radius 3 is 2.50 bits per heavy atom. The van der Waals surface area contributed by atoms with E-state index in [9.17, 15) is 0 Å². The average Bonchev–Trinajstić information content (AvgIpc) is 2.65. The van der Waals surface area contributed by atoms with Gasteiger partial charge >= 0.3 is 0 Å². The van der Waals surface area contributed by atoms with Gasteiger partial charge in [0, 0.05) is 30.6 Å². The predicted molar refractivity (Wildman–Crippen MR) is 79.0 cm³/mol. The maximum absolute atomic E-state index is 4.33. The Balaban J connectivity index is 1.82. The molecule has 0 atom stereocenters. The molecule has 1 aromatic rings. The molecule has 2 rings (SSSR count). The van der Waals surface area contributed by atoms with Gasteiger partial charge < -0.3 is 5.32 Å². The summed E-state index contributed by atoms with van der Waals surface area (Å²) in [7, 11) is 0. The van der Waals surface area contributed by atoms with Crippen LogP contribution in [0.5, 0.6) is 0 Å². The molecule has 0 aromatic carbocycles. The minimum Gasteiger partial charge on any atom is -0.314 e. The lowest BCUT2D eigenvalue weighted by Gasteiger charge is -2.45. The number of aromatic nitrogens is 1. The van der Waals surface area contributed by atoms with Crippen LogP contribution in [0.4, 0.5) is 0 Å². The first-order valence-electron chi connectivity index (χ1n) is 6.98. The van der Waals surface area contributed by atoms with Gasteiger partial charge in [-0.1, -0.05) is 27.7 Å². The van der Waals surface area contributed by atoms with Crippen LogP contribution >= 0.6 is 11.3 Å². The Labute approximate surface area is 115 Å². The zero-order valence-electron chi connectivity index (χ0n) is 12.1. The highest BCUT2D eigenvalue weighted by Gasteiger charge is 2.37. The van der Waals surface area contributed by atoms with Crippen LogP contribution in [-0.4, -0.2) is 17.6 Å². The first-order valence-corrected chi connectivity index (χ1v) is 7.86. The fraction of sp³-hybridized carbons (Fsp3) is 0.800. The van der Waals surface area contributed by atoms with Crippen LogP contribution in [0.3, 0.4) is 0 Å². The molecule has 0 amide bonds. The first-order chi connectivity index (χ1) is 8.36. The van der Waals surface area contributed by atoms with Crippen molar-refractivity contribution in [2.45, 2.75) is 59.4 Å². The molecule has 0 radical (unpaired) electrons.